The van der Waals surface area contributed by atoms with E-state index in [0.717, 1.165) is 20.3 Å². The van der Waals surface area contributed by atoms with Crippen LogP contribution in [0.5, 0.6) is 0 Å². The number of para-hydroxylation sites is 2. The molecule has 6 aromatic carbocycles. The molecule has 3 heterocycles. The van der Waals surface area contributed by atoms with Crippen LogP contribution in [0.15, 0.2) is 194 Å². The number of hydrogen-bond acceptors (Lipinski definition) is 9. The highest BCUT2D eigenvalue weighted by Gasteiger charge is 2.29. The normalized spacial score (nSPS) is 12.5. The predicted molar refractivity (Wildman–Crippen MR) is 243 cm³/mol. The van der Waals surface area contributed by atoms with Crippen LogP contribution in [0.4, 0.5) is 11.4 Å². The Morgan fingerprint density at radius 1 is 0.429 bits per heavy atom. The van der Waals surface area contributed by atoms with Crippen molar-refractivity contribution in [3.8, 4) is 22.6 Å². The number of benzene rings is 6. The number of sulfonamides is 2. The van der Waals surface area contributed by atoms with Crippen molar-refractivity contribution < 1.29 is 38.1 Å². The molecule has 2 N–H and O–H groups in total. The van der Waals surface area contributed by atoms with Gasteiger partial charge in [-0.2, -0.15) is 0 Å². The van der Waals surface area contributed by atoms with Gasteiger partial charge in [0.2, 0.25) is 0 Å². The molecule has 318 valence electrons. The van der Waals surface area contributed by atoms with Crippen LogP contribution in [0, 0.1) is 13.8 Å². The van der Waals surface area contributed by atoms with Crippen molar-refractivity contribution in [3.05, 3.63) is 181 Å². The summed E-state index contributed by atoms with van der Waals surface area (Å²) in [5.74, 6) is 0.995. The Balaban J connectivity index is 0.947. The molecular weight excluding hydrogens is 881 g/mol. The SMILES string of the molecule is Cc1cc(NS(=O)(=O)c2cn(S(=O)(=O)c3ccccc3)c3ccccc23)ccc1-c1ccc(-c2ccc(NS(=O)(=O)c3cn(S(=O)(=O)c4ccccc4)c4ccccc34)cc2C)o1. The van der Waals surface area contributed by atoms with E-state index in [1.165, 1.54) is 24.3 Å². The summed E-state index contributed by atoms with van der Waals surface area (Å²) in [5, 5.41) is 0.476. The molecule has 3 aromatic heterocycles. The van der Waals surface area contributed by atoms with Crippen LogP contribution >= 0.6 is 0 Å². The largest absolute Gasteiger partial charge is 0.456 e. The summed E-state index contributed by atoms with van der Waals surface area (Å²) in [6.07, 6.45) is 2.23. The lowest BCUT2D eigenvalue weighted by molar-refractivity contribution is 0.586. The number of rotatable bonds is 12. The molecule has 9 rings (SSSR count). The third-order valence-corrected chi connectivity index (χ3v) is 16.7. The highest BCUT2D eigenvalue weighted by atomic mass is 32.2. The summed E-state index contributed by atoms with van der Waals surface area (Å²) >= 11 is 0. The first kappa shape index (κ1) is 41.4. The predicted octanol–water partition coefficient (Wildman–Crippen LogP) is 9.22. The standard InChI is InChI=1S/C46H36N4O9S4/c1-31-27-33(47-60(51,52)45-29-49(41-19-11-9-17-39(41)45)62(55,56)35-13-5-3-6-14-35)21-23-37(31)43-25-26-44(59-43)38-24-22-34(28-32(38)2)48-61(53,54)46-30-50(42-20-12-10-18-40(42)46)63(57,58)36-15-7-4-8-16-36/h3-30,47-48H,1-2H3. The summed E-state index contributed by atoms with van der Waals surface area (Å²) < 4.78 is 123. The average molecular weight is 917 g/mol. The molecule has 0 aliphatic carbocycles. The van der Waals surface area contributed by atoms with Gasteiger partial charge in [0, 0.05) is 45.7 Å². The van der Waals surface area contributed by atoms with E-state index < -0.39 is 40.1 Å². The highest BCUT2D eigenvalue weighted by molar-refractivity contribution is 7.93. The van der Waals surface area contributed by atoms with Crippen LogP contribution in [0.1, 0.15) is 11.1 Å². The summed E-state index contributed by atoms with van der Waals surface area (Å²) in [6.45, 7) is 3.60. The monoisotopic (exact) mass is 916 g/mol. The van der Waals surface area contributed by atoms with Crippen LogP contribution < -0.4 is 9.44 Å². The van der Waals surface area contributed by atoms with Gasteiger partial charge in [-0.3, -0.25) is 9.44 Å². The van der Waals surface area contributed by atoms with Crippen molar-refractivity contribution in [1.82, 2.24) is 7.94 Å². The number of aromatic nitrogens is 2. The molecule has 0 unspecified atom stereocenters. The molecule has 0 saturated heterocycles. The maximum absolute atomic E-state index is 13.9. The molecule has 0 atom stereocenters. The molecule has 9 aromatic rings. The summed E-state index contributed by atoms with van der Waals surface area (Å²) in [6, 6.07) is 41.8. The van der Waals surface area contributed by atoms with Crippen LogP contribution in [0.25, 0.3) is 44.5 Å². The highest BCUT2D eigenvalue weighted by Crippen LogP contribution is 2.36. The van der Waals surface area contributed by atoms with Crippen LogP contribution in [-0.2, 0) is 40.1 Å². The first-order valence-corrected chi connectivity index (χ1v) is 25.1. The van der Waals surface area contributed by atoms with Crippen molar-refractivity contribution in [2.75, 3.05) is 9.44 Å². The van der Waals surface area contributed by atoms with E-state index >= 15 is 0 Å². The summed E-state index contributed by atoms with van der Waals surface area (Å²) in [5.41, 5.74) is 3.67. The molecule has 0 saturated carbocycles. The van der Waals surface area contributed by atoms with Gasteiger partial charge in [0.05, 0.1) is 20.8 Å². The quantitative estimate of drug-likeness (QED) is 0.121. The van der Waals surface area contributed by atoms with E-state index in [0.29, 0.717) is 33.8 Å². The topological polar surface area (TPSA) is 184 Å². The van der Waals surface area contributed by atoms with Gasteiger partial charge in [0.15, 0.2) is 0 Å². The molecule has 13 nitrogen and oxygen atoms in total. The Bertz CT molecular complexity index is 3470. The van der Waals surface area contributed by atoms with Gasteiger partial charge < -0.3 is 4.42 Å². The minimum atomic E-state index is -4.28. The van der Waals surface area contributed by atoms with Gasteiger partial charge in [-0.15, -0.1) is 0 Å². The second-order valence-electron chi connectivity index (χ2n) is 14.7. The van der Waals surface area contributed by atoms with Crippen molar-refractivity contribution >= 4 is 73.3 Å². The molecule has 63 heavy (non-hydrogen) atoms. The smallest absolute Gasteiger partial charge is 0.268 e. The van der Waals surface area contributed by atoms with Crippen molar-refractivity contribution in [3.63, 3.8) is 0 Å². The Morgan fingerprint density at radius 2 is 0.794 bits per heavy atom. The molecule has 0 amide bonds. The first-order chi connectivity index (χ1) is 30.0. The number of furan rings is 1. The minimum absolute atomic E-state index is 0.0171. The zero-order chi connectivity index (χ0) is 44.3. The van der Waals surface area contributed by atoms with Gasteiger partial charge in [-0.25, -0.2) is 41.6 Å². The number of aryl methyl sites for hydroxylation is 2. The van der Waals surface area contributed by atoms with Gasteiger partial charge in [0.25, 0.3) is 40.1 Å². The second kappa shape index (κ2) is 15.5. The molecule has 0 aliphatic heterocycles. The molecular formula is C46H36N4O9S4. The number of nitrogens with one attached hydrogen (secondary N) is 2. The molecule has 0 aliphatic rings. The van der Waals surface area contributed by atoms with Crippen molar-refractivity contribution in [1.29, 1.82) is 0 Å². The Hall–Kier alpha value is -6.92. The van der Waals surface area contributed by atoms with Crippen LogP contribution in [0.3, 0.4) is 0 Å². The van der Waals surface area contributed by atoms with E-state index in [1.54, 1.807) is 147 Å². The van der Waals surface area contributed by atoms with Crippen molar-refractivity contribution in [2.45, 2.75) is 33.4 Å². The minimum Gasteiger partial charge on any atom is -0.456 e. The zero-order valence-corrected chi connectivity index (χ0v) is 36.6. The van der Waals surface area contributed by atoms with Gasteiger partial charge in [-0.05, 0) is 110 Å². The van der Waals surface area contributed by atoms with Crippen LogP contribution in [0.2, 0.25) is 0 Å². The van der Waals surface area contributed by atoms with E-state index in [4.69, 9.17) is 4.42 Å². The second-order valence-corrected chi connectivity index (χ2v) is 21.6. The third-order valence-electron chi connectivity index (χ3n) is 10.6. The average Bonchev–Trinajstić information content (AvgIpc) is 4.02. The zero-order valence-electron chi connectivity index (χ0n) is 33.4. The lowest BCUT2D eigenvalue weighted by atomic mass is 10.1. The maximum atomic E-state index is 13.9. The Kier molecular flexibility index (Phi) is 10.2. The first-order valence-electron chi connectivity index (χ1n) is 19.2. The number of hydrogen-bond donors (Lipinski definition) is 2. The van der Waals surface area contributed by atoms with E-state index in [-0.39, 0.29) is 52.8 Å². The molecule has 0 radical (unpaired) electrons. The lowest BCUT2D eigenvalue weighted by Gasteiger charge is -2.11. The number of fused-ring (bicyclic) bond motifs is 2. The van der Waals surface area contributed by atoms with Gasteiger partial charge in [0.1, 0.15) is 21.3 Å². The van der Waals surface area contributed by atoms with Crippen LogP contribution in [-0.4, -0.2) is 41.6 Å². The summed E-state index contributed by atoms with van der Waals surface area (Å²) in [4.78, 5) is -0.371. The van der Waals surface area contributed by atoms with Gasteiger partial charge >= 0.3 is 0 Å². The fourth-order valence-corrected chi connectivity index (χ4v) is 13.0. The third kappa shape index (κ3) is 7.48. The van der Waals surface area contributed by atoms with Crippen molar-refractivity contribution in [2.24, 2.45) is 0 Å². The fourth-order valence-electron chi connectivity index (χ4n) is 7.53. The van der Waals surface area contributed by atoms with Gasteiger partial charge in [-0.1, -0.05) is 72.8 Å². The maximum Gasteiger partial charge on any atom is 0.268 e. The molecule has 17 heteroatoms. The molecule has 0 spiro atoms. The molecule has 0 fully saturated rings. The fraction of sp³-hybridized carbons (Fsp3) is 0.0435. The Labute approximate surface area is 364 Å². The van der Waals surface area contributed by atoms with E-state index in [1.807, 2.05) is 0 Å². The lowest BCUT2D eigenvalue weighted by Crippen LogP contribution is -2.14. The Morgan fingerprint density at radius 3 is 1.17 bits per heavy atom. The van der Waals surface area contributed by atoms with E-state index in [2.05, 4.69) is 9.44 Å². The van der Waals surface area contributed by atoms with E-state index in [9.17, 15) is 33.7 Å². The molecule has 0 bridgehead atoms. The number of anilines is 2. The summed E-state index contributed by atoms with van der Waals surface area (Å²) in [7, 11) is -16.8. The number of nitrogens with zero attached hydrogens (tertiary/aromatic N) is 2.